The number of aliphatic carboxylic acids is 1. The van der Waals surface area contributed by atoms with E-state index < -0.39 is 29.0 Å². The van der Waals surface area contributed by atoms with Crippen molar-refractivity contribution in [3.05, 3.63) is 22.9 Å². The third-order valence-corrected chi connectivity index (χ3v) is 2.82. The van der Waals surface area contributed by atoms with E-state index in [0.29, 0.717) is 11.8 Å². The summed E-state index contributed by atoms with van der Waals surface area (Å²) in [6.07, 6.45) is -4.67. The zero-order chi connectivity index (χ0) is 13.9. The summed E-state index contributed by atoms with van der Waals surface area (Å²) in [5.74, 6) is -1.65. The first kappa shape index (κ1) is 14.3. The standard InChI is InChI=1S/C10H7F3N2O2S/c1-5-2-7(10(11,12)13)6(3-14)9(15-5)18-4-8(16)17/h2H,4H2,1H3,(H,16,17). The van der Waals surface area contributed by atoms with E-state index in [-0.39, 0.29) is 10.7 Å². The van der Waals surface area contributed by atoms with Gasteiger partial charge in [0.15, 0.2) is 0 Å². The van der Waals surface area contributed by atoms with Crippen LogP contribution >= 0.6 is 11.8 Å². The van der Waals surface area contributed by atoms with Gasteiger partial charge in [-0.05, 0) is 13.0 Å². The summed E-state index contributed by atoms with van der Waals surface area (Å²) in [7, 11) is 0. The molecule has 0 aliphatic carbocycles. The molecule has 0 aliphatic heterocycles. The number of carboxylic acid groups (broad SMARTS) is 1. The molecule has 1 N–H and O–H groups in total. The molecular weight excluding hydrogens is 269 g/mol. The number of thioether (sulfide) groups is 1. The Hall–Kier alpha value is -1.75. The van der Waals surface area contributed by atoms with Crippen molar-refractivity contribution in [3.8, 4) is 6.07 Å². The van der Waals surface area contributed by atoms with E-state index in [9.17, 15) is 18.0 Å². The molecular formula is C10H7F3N2O2S. The summed E-state index contributed by atoms with van der Waals surface area (Å²) >= 11 is 0.591. The molecule has 0 aromatic carbocycles. The van der Waals surface area contributed by atoms with Crippen molar-refractivity contribution in [1.82, 2.24) is 4.98 Å². The van der Waals surface area contributed by atoms with Crippen LogP contribution in [0.25, 0.3) is 0 Å². The van der Waals surface area contributed by atoms with Crippen molar-refractivity contribution in [3.63, 3.8) is 0 Å². The van der Waals surface area contributed by atoms with E-state index in [1.807, 2.05) is 0 Å². The van der Waals surface area contributed by atoms with Crippen LogP contribution in [-0.2, 0) is 11.0 Å². The fourth-order valence-electron chi connectivity index (χ4n) is 1.21. The molecule has 1 aromatic heterocycles. The first-order valence-corrected chi connectivity index (χ1v) is 5.57. The van der Waals surface area contributed by atoms with Crippen LogP contribution in [0.1, 0.15) is 16.8 Å². The Morgan fingerprint density at radius 1 is 1.61 bits per heavy atom. The highest BCUT2D eigenvalue weighted by atomic mass is 32.2. The number of pyridine rings is 1. The number of nitriles is 1. The molecule has 18 heavy (non-hydrogen) atoms. The maximum absolute atomic E-state index is 12.7. The van der Waals surface area contributed by atoms with Gasteiger partial charge in [-0.2, -0.15) is 18.4 Å². The molecule has 1 aromatic rings. The lowest BCUT2D eigenvalue weighted by molar-refractivity contribution is -0.138. The van der Waals surface area contributed by atoms with Gasteiger partial charge in [0.2, 0.25) is 0 Å². The smallest absolute Gasteiger partial charge is 0.417 e. The molecule has 1 heterocycles. The minimum Gasteiger partial charge on any atom is -0.481 e. The Labute approximate surface area is 104 Å². The molecule has 0 saturated carbocycles. The molecule has 1 rings (SSSR count). The summed E-state index contributed by atoms with van der Waals surface area (Å²) in [4.78, 5) is 14.2. The van der Waals surface area contributed by atoms with Crippen LogP contribution in [-0.4, -0.2) is 21.8 Å². The number of hydrogen-bond acceptors (Lipinski definition) is 4. The largest absolute Gasteiger partial charge is 0.481 e. The molecule has 0 atom stereocenters. The van der Waals surface area contributed by atoms with Gasteiger partial charge in [0, 0.05) is 5.69 Å². The van der Waals surface area contributed by atoms with Crippen LogP contribution in [0.3, 0.4) is 0 Å². The van der Waals surface area contributed by atoms with Gasteiger partial charge in [-0.25, -0.2) is 4.98 Å². The van der Waals surface area contributed by atoms with Crippen molar-refractivity contribution >= 4 is 17.7 Å². The Kier molecular flexibility index (Phi) is 4.19. The molecule has 0 aliphatic rings. The average Bonchev–Trinajstić information content (AvgIpc) is 2.24. The molecule has 96 valence electrons. The SMILES string of the molecule is Cc1cc(C(F)(F)F)c(C#N)c(SCC(=O)O)n1. The zero-order valence-corrected chi connectivity index (χ0v) is 9.89. The van der Waals surface area contributed by atoms with Crippen molar-refractivity contribution in [1.29, 1.82) is 5.26 Å². The fourth-order valence-corrected chi connectivity index (χ4v) is 1.98. The van der Waals surface area contributed by atoms with E-state index in [1.54, 1.807) is 0 Å². The van der Waals surface area contributed by atoms with Crippen LogP contribution in [0.15, 0.2) is 11.1 Å². The maximum Gasteiger partial charge on any atom is 0.417 e. The first-order chi connectivity index (χ1) is 8.25. The highest BCUT2D eigenvalue weighted by Crippen LogP contribution is 2.35. The molecule has 0 saturated heterocycles. The minimum atomic E-state index is -4.67. The van der Waals surface area contributed by atoms with E-state index in [2.05, 4.69) is 4.98 Å². The van der Waals surface area contributed by atoms with Crippen LogP contribution in [0, 0.1) is 18.3 Å². The monoisotopic (exact) mass is 276 g/mol. The third-order valence-electron chi connectivity index (χ3n) is 1.86. The summed E-state index contributed by atoms with van der Waals surface area (Å²) in [5.41, 5.74) is -1.65. The number of hydrogen-bond donors (Lipinski definition) is 1. The van der Waals surface area contributed by atoms with Gasteiger partial charge in [-0.1, -0.05) is 11.8 Å². The summed E-state index contributed by atoms with van der Waals surface area (Å²) < 4.78 is 38.1. The number of aromatic nitrogens is 1. The lowest BCUT2D eigenvalue weighted by Gasteiger charge is -2.12. The second-order valence-corrected chi connectivity index (χ2v) is 4.25. The Morgan fingerprint density at radius 3 is 2.67 bits per heavy atom. The number of aryl methyl sites for hydroxylation is 1. The van der Waals surface area contributed by atoms with Crippen LogP contribution in [0.2, 0.25) is 0 Å². The Bertz CT molecular complexity index is 523. The molecule has 0 radical (unpaired) electrons. The van der Waals surface area contributed by atoms with Gasteiger partial charge in [0.25, 0.3) is 0 Å². The normalized spacial score (nSPS) is 11.1. The van der Waals surface area contributed by atoms with Gasteiger partial charge in [0.05, 0.1) is 16.9 Å². The van der Waals surface area contributed by atoms with Gasteiger partial charge in [-0.15, -0.1) is 0 Å². The number of nitrogens with zero attached hydrogens (tertiary/aromatic N) is 2. The molecule has 4 nitrogen and oxygen atoms in total. The van der Waals surface area contributed by atoms with Crippen molar-refractivity contribution < 1.29 is 23.1 Å². The van der Waals surface area contributed by atoms with E-state index in [0.717, 1.165) is 6.07 Å². The van der Waals surface area contributed by atoms with Crippen LogP contribution < -0.4 is 0 Å². The quantitative estimate of drug-likeness (QED) is 0.858. The number of carbonyl (C=O) groups is 1. The summed E-state index contributed by atoms with van der Waals surface area (Å²) in [6, 6.07) is 2.19. The minimum absolute atomic E-state index is 0.0780. The summed E-state index contributed by atoms with van der Waals surface area (Å²) in [6.45, 7) is 1.35. The Balaban J connectivity index is 3.30. The van der Waals surface area contributed by atoms with Gasteiger partial charge in [0.1, 0.15) is 11.1 Å². The van der Waals surface area contributed by atoms with Gasteiger partial charge < -0.3 is 5.11 Å². The van der Waals surface area contributed by atoms with Crippen LogP contribution in [0.4, 0.5) is 13.2 Å². The first-order valence-electron chi connectivity index (χ1n) is 4.59. The zero-order valence-electron chi connectivity index (χ0n) is 9.08. The van der Waals surface area contributed by atoms with E-state index in [1.165, 1.54) is 13.0 Å². The molecule has 0 spiro atoms. The van der Waals surface area contributed by atoms with Gasteiger partial charge in [-0.3, -0.25) is 4.79 Å². The maximum atomic E-state index is 12.7. The lowest BCUT2D eigenvalue weighted by Crippen LogP contribution is -2.11. The lowest BCUT2D eigenvalue weighted by atomic mass is 10.1. The molecule has 0 bridgehead atoms. The molecule has 8 heteroatoms. The van der Waals surface area contributed by atoms with E-state index in [4.69, 9.17) is 10.4 Å². The van der Waals surface area contributed by atoms with Crippen molar-refractivity contribution in [2.75, 3.05) is 5.75 Å². The topological polar surface area (TPSA) is 74.0 Å². The second-order valence-electron chi connectivity index (χ2n) is 3.28. The number of carboxylic acids is 1. The third kappa shape index (κ3) is 3.37. The van der Waals surface area contributed by atoms with Crippen molar-refractivity contribution in [2.45, 2.75) is 18.1 Å². The average molecular weight is 276 g/mol. The molecule has 0 amide bonds. The molecule has 0 fully saturated rings. The summed E-state index contributed by atoms with van der Waals surface area (Å²) in [5, 5.41) is 17.0. The highest BCUT2D eigenvalue weighted by molar-refractivity contribution is 7.99. The Morgan fingerprint density at radius 2 is 2.22 bits per heavy atom. The number of rotatable bonds is 3. The number of alkyl halides is 3. The molecule has 0 unspecified atom stereocenters. The highest BCUT2D eigenvalue weighted by Gasteiger charge is 2.35. The fraction of sp³-hybridized carbons (Fsp3) is 0.300. The second kappa shape index (κ2) is 5.27. The number of halogens is 3. The van der Waals surface area contributed by atoms with Gasteiger partial charge >= 0.3 is 12.1 Å². The van der Waals surface area contributed by atoms with Crippen LogP contribution in [0.5, 0.6) is 0 Å². The van der Waals surface area contributed by atoms with Crippen molar-refractivity contribution in [2.24, 2.45) is 0 Å². The predicted octanol–water partition coefficient (Wildman–Crippen LogP) is 2.46. The predicted molar refractivity (Wildman–Crippen MR) is 57.1 cm³/mol. The van der Waals surface area contributed by atoms with E-state index >= 15 is 0 Å².